The lowest BCUT2D eigenvalue weighted by Gasteiger charge is -2.73. The third-order valence-corrected chi connectivity index (χ3v) is 16.1. The number of alkyl halides is 3. The second-order valence-corrected chi connectivity index (χ2v) is 19.0. The molecule has 4 saturated carbocycles. The number of esters is 1. The lowest BCUT2D eigenvalue weighted by atomic mass is 9.32. The molecule has 48 heavy (non-hydrogen) atoms. The number of aliphatic hydroxyl groups is 1. The van der Waals surface area contributed by atoms with E-state index in [-0.39, 0.29) is 58.3 Å². The van der Waals surface area contributed by atoms with E-state index in [1.54, 1.807) is 6.08 Å². The topological polar surface area (TPSA) is 72.8 Å². The molecule has 1 aromatic rings. The molecule has 9 heteroatoms. The van der Waals surface area contributed by atoms with E-state index in [1.807, 2.05) is 51.1 Å². The van der Waals surface area contributed by atoms with Gasteiger partial charge in [-0.05, 0) is 116 Å². The van der Waals surface area contributed by atoms with Gasteiger partial charge in [-0.15, -0.1) is 0 Å². The molecule has 5 aliphatic rings. The molecule has 2 unspecified atom stereocenters. The van der Waals surface area contributed by atoms with Crippen molar-refractivity contribution < 1.29 is 36.2 Å². The first-order chi connectivity index (χ1) is 22.1. The maximum absolute atomic E-state index is 14.3. The van der Waals surface area contributed by atoms with Crippen LogP contribution in [0.2, 0.25) is 0 Å². The summed E-state index contributed by atoms with van der Waals surface area (Å²) in [7, 11) is -4.79. The van der Waals surface area contributed by atoms with Crippen LogP contribution in [0.25, 0.3) is 0 Å². The summed E-state index contributed by atoms with van der Waals surface area (Å²) in [5.74, 6) is 2.58. The molecule has 6 rings (SSSR count). The summed E-state index contributed by atoms with van der Waals surface area (Å²) in [4.78, 5) is 14.3. The zero-order chi connectivity index (χ0) is 35.3. The number of rotatable bonds is 6. The van der Waals surface area contributed by atoms with Crippen LogP contribution in [0.5, 0.6) is 0 Å². The van der Waals surface area contributed by atoms with Gasteiger partial charge in [0.2, 0.25) is 9.80 Å². The molecule has 0 saturated heterocycles. The highest BCUT2D eigenvalue weighted by molar-refractivity contribution is 7.96. The van der Waals surface area contributed by atoms with E-state index in [9.17, 15) is 27.3 Å². The maximum atomic E-state index is 14.3. The predicted molar refractivity (Wildman–Crippen MR) is 183 cm³/mol. The summed E-state index contributed by atoms with van der Waals surface area (Å²) in [6.07, 6.45) is 7.98. The number of hydrogen-bond donors (Lipinski definition) is 1. The Hall–Kier alpha value is -2.26. The molecular weight excluding hydrogens is 637 g/mol. The van der Waals surface area contributed by atoms with Gasteiger partial charge in [0.25, 0.3) is 0 Å². The zero-order valence-electron chi connectivity index (χ0n) is 29.4. The molecule has 0 amide bonds. The van der Waals surface area contributed by atoms with Gasteiger partial charge in [0.15, 0.2) is 0 Å². The van der Waals surface area contributed by atoms with Gasteiger partial charge in [0.05, 0.1) is 11.0 Å². The number of hydrogen-bond acceptors (Lipinski definition) is 5. The Bertz CT molecular complexity index is 1620. The van der Waals surface area contributed by atoms with Crippen molar-refractivity contribution in [3.05, 3.63) is 59.9 Å². The standard InChI is InChI=1S/C39H53F3O5S/c1-25(2)27-16-21-37(32(43)46-24-26-12-10-9-11-13-26)23-22-36(7)30(38(27,37)44)15-14-29-34(5)19-18-31(47-48(8,45)39(40,41)42)33(3,4)28(34)17-20-35(29,36)6/h9-13,18,27-30,44H,1,8,14-17,19-24H2,2-7H3/t27-,28-,29+,30?,34-,35+,36+,37+,38-,48?/m0/s1. The monoisotopic (exact) mass is 690 g/mol. The molecule has 5 nitrogen and oxygen atoms in total. The van der Waals surface area contributed by atoms with Crippen LogP contribution in [0.1, 0.15) is 105 Å². The van der Waals surface area contributed by atoms with Crippen LogP contribution < -0.4 is 0 Å². The van der Waals surface area contributed by atoms with Crippen LogP contribution in [0.15, 0.2) is 54.3 Å². The largest absolute Gasteiger partial charge is 0.496 e. The highest BCUT2D eigenvalue weighted by Crippen LogP contribution is 2.78. The number of halogens is 3. The first kappa shape index (κ1) is 35.6. The summed E-state index contributed by atoms with van der Waals surface area (Å²) >= 11 is 0. The van der Waals surface area contributed by atoms with Gasteiger partial charge >= 0.3 is 11.5 Å². The van der Waals surface area contributed by atoms with Crippen LogP contribution in [0, 0.1) is 50.7 Å². The molecule has 1 aromatic carbocycles. The van der Waals surface area contributed by atoms with Gasteiger partial charge in [0, 0.05) is 11.3 Å². The lowest BCUT2D eigenvalue weighted by molar-refractivity contribution is -0.277. The zero-order valence-corrected chi connectivity index (χ0v) is 30.2. The van der Waals surface area contributed by atoms with Crippen molar-refractivity contribution >= 4 is 21.6 Å². The molecule has 4 fully saturated rings. The van der Waals surface area contributed by atoms with Gasteiger partial charge in [-0.1, -0.05) is 77.1 Å². The lowest BCUT2D eigenvalue weighted by Crippen LogP contribution is -2.71. The van der Waals surface area contributed by atoms with E-state index < -0.39 is 31.7 Å². The summed E-state index contributed by atoms with van der Waals surface area (Å²) < 4.78 is 64.5. The quantitative estimate of drug-likeness (QED) is 0.183. The average Bonchev–Trinajstić information content (AvgIpc) is 3.32. The molecular formula is C39H53F3O5S. The minimum atomic E-state index is -5.06. The molecule has 5 aliphatic carbocycles. The van der Waals surface area contributed by atoms with Gasteiger partial charge in [0.1, 0.15) is 12.4 Å². The van der Waals surface area contributed by atoms with E-state index in [4.69, 9.17) is 8.92 Å². The Kier molecular flexibility index (Phi) is 8.24. The number of fused-ring (bicyclic) bond motifs is 7. The van der Waals surface area contributed by atoms with E-state index in [0.717, 1.165) is 43.2 Å². The van der Waals surface area contributed by atoms with Crippen molar-refractivity contribution in [3.63, 3.8) is 0 Å². The van der Waals surface area contributed by atoms with E-state index >= 15 is 0 Å². The first-order valence-corrected chi connectivity index (χ1v) is 19.2. The van der Waals surface area contributed by atoms with Gasteiger partial charge in [-0.2, -0.15) is 13.2 Å². The highest BCUT2D eigenvalue weighted by Gasteiger charge is 2.77. The number of carbonyl (C=O) groups is 1. The van der Waals surface area contributed by atoms with Crippen LogP contribution in [-0.2, 0) is 30.1 Å². The number of allylic oxidation sites excluding steroid dienone is 2. The SMILES string of the molecule is C=C(C)[C@@H]1CC[C@]2(C(=O)OCc3ccccc3)CC[C@]3(C)C(CC[C@@H]4[C@@]5(C)CC=C(OS(=C)(=O)C(F)(F)F)C(C)(C)[C@@H]5CC[C@]43C)[C@@]12O. The van der Waals surface area contributed by atoms with E-state index in [1.165, 1.54) is 0 Å². The third-order valence-electron chi connectivity index (χ3n) is 14.9. The molecule has 0 radical (unpaired) electrons. The van der Waals surface area contributed by atoms with Crippen LogP contribution in [-0.4, -0.2) is 32.3 Å². The fourth-order valence-electron chi connectivity index (χ4n) is 12.4. The van der Waals surface area contributed by atoms with Crippen molar-refractivity contribution in [2.75, 3.05) is 0 Å². The van der Waals surface area contributed by atoms with E-state index in [0.29, 0.717) is 25.7 Å². The minimum absolute atomic E-state index is 0.0000367. The summed E-state index contributed by atoms with van der Waals surface area (Å²) in [6.45, 7) is 17.3. The smallest absolute Gasteiger partial charge is 0.460 e. The number of carbonyl (C=O) groups excluding carboxylic acids is 1. The van der Waals surface area contributed by atoms with E-state index in [2.05, 4.69) is 33.2 Å². The minimum Gasteiger partial charge on any atom is -0.460 e. The molecule has 10 atom stereocenters. The van der Waals surface area contributed by atoms with Gasteiger partial charge < -0.3 is 14.0 Å². The summed E-state index contributed by atoms with van der Waals surface area (Å²) in [6, 6.07) is 9.64. The van der Waals surface area contributed by atoms with Crippen LogP contribution in [0.3, 0.4) is 0 Å². The van der Waals surface area contributed by atoms with Gasteiger partial charge in [-0.25, -0.2) is 4.21 Å². The average molecular weight is 691 g/mol. The molecule has 0 aliphatic heterocycles. The Balaban J connectivity index is 1.35. The highest BCUT2D eigenvalue weighted by atomic mass is 32.2. The maximum Gasteiger partial charge on any atom is 0.496 e. The summed E-state index contributed by atoms with van der Waals surface area (Å²) in [5.41, 5.74) is -7.11. The first-order valence-electron chi connectivity index (χ1n) is 17.5. The molecule has 0 bridgehead atoms. The van der Waals surface area contributed by atoms with Crippen molar-refractivity contribution in [2.24, 2.45) is 50.7 Å². The fourth-order valence-corrected chi connectivity index (χ4v) is 13.1. The third kappa shape index (κ3) is 4.67. The fraction of sp³-hybridized carbons (Fsp3) is 0.692. The van der Waals surface area contributed by atoms with Gasteiger partial charge in [-0.3, -0.25) is 4.79 Å². The predicted octanol–water partition coefficient (Wildman–Crippen LogP) is 9.16. The Labute approximate surface area is 285 Å². The van der Waals surface area contributed by atoms with Crippen molar-refractivity contribution in [1.29, 1.82) is 0 Å². The Morgan fingerprint density at radius 1 is 0.938 bits per heavy atom. The second-order valence-electron chi connectivity index (χ2n) is 17.2. The molecule has 0 aromatic heterocycles. The number of benzene rings is 1. The Morgan fingerprint density at radius 2 is 1.56 bits per heavy atom. The van der Waals surface area contributed by atoms with Crippen molar-refractivity contribution in [3.8, 4) is 0 Å². The normalized spacial score (nSPS) is 42.9. The molecule has 0 spiro atoms. The van der Waals surface area contributed by atoms with Crippen molar-refractivity contribution in [1.82, 2.24) is 0 Å². The van der Waals surface area contributed by atoms with Crippen molar-refractivity contribution in [2.45, 2.75) is 117 Å². The summed E-state index contributed by atoms with van der Waals surface area (Å²) in [5, 5.41) is 13.3. The Morgan fingerprint density at radius 3 is 2.19 bits per heavy atom. The number of ether oxygens (including phenoxy) is 1. The molecule has 0 heterocycles. The molecule has 266 valence electrons. The van der Waals surface area contributed by atoms with Crippen LogP contribution in [0.4, 0.5) is 13.2 Å². The second kappa shape index (κ2) is 11.1. The molecule has 1 N–H and O–H groups in total. The van der Waals surface area contributed by atoms with Crippen LogP contribution >= 0.6 is 0 Å².